The van der Waals surface area contributed by atoms with Crippen LogP contribution < -0.4 is 5.32 Å². The number of aromatic nitrogens is 2. The van der Waals surface area contributed by atoms with E-state index in [0.29, 0.717) is 18.8 Å². The van der Waals surface area contributed by atoms with Gasteiger partial charge in [0.1, 0.15) is 17.8 Å². The third-order valence-electron chi connectivity index (χ3n) is 4.18. The Labute approximate surface area is 147 Å². The van der Waals surface area contributed by atoms with E-state index in [2.05, 4.69) is 15.3 Å². The van der Waals surface area contributed by atoms with Crippen LogP contribution in [0.15, 0.2) is 42.7 Å². The van der Waals surface area contributed by atoms with Gasteiger partial charge in [-0.1, -0.05) is 18.2 Å². The van der Waals surface area contributed by atoms with Crippen molar-refractivity contribution in [2.24, 2.45) is 0 Å². The molecule has 0 aliphatic carbocycles. The molecule has 1 amide bonds. The Kier molecular flexibility index (Phi) is 4.98. The second-order valence-electron chi connectivity index (χ2n) is 5.93. The van der Waals surface area contributed by atoms with E-state index < -0.39 is 9.84 Å². The molecule has 1 N–H and O–H groups in total. The number of hydrogen-bond donors (Lipinski definition) is 1. The minimum Gasteiger partial charge on any atom is -0.340 e. The molecule has 132 valence electrons. The van der Waals surface area contributed by atoms with Crippen LogP contribution in [0.4, 0.5) is 11.5 Å². The highest BCUT2D eigenvalue weighted by Gasteiger charge is 2.34. The fraction of sp³-hybridized carbons (Fsp3) is 0.353. The van der Waals surface area contributed by atoms with Gasteiger partial charge in [0.2, 0.25) is 0 Å². The third kappa shape index (κ3) is 4.14. The predicted octanol–water partition coefficient (Wildman–Crippen LogP) is 1.87. The molecule has 1 aromatic carbocycles. The highest BCUT2D eigenvalue weighted by atomic mass is 32.2. The standard InChI is InChI=1S/C17H20N4O3S/c1-2-21(14-8-9-25(23,24)11-14)17(22)15-10-16(19-12-18-15)20-13-6-4-3-5-7-13/h3-7,10,12,14H,2,8-9,11H2,1H3,(H,18,19,20). The summed E-state index contributed by atoms with van der Waals surface area (Å²) in [7, 11) is -3.05. The summed E-state index contributed by atoms with van der Waals surface area (Å²) < 4.78 is 23.4. The van der Waals surface area contributed by atoms with E-state index in [9.17, 15) is 13.2 Å². The number of benzene rings is 1. The van der Waals surface area contributed by atoms with Gasteiger partial charge in [-0.2, -0.15) is 0 Å². The Bertz CT molecular complexity index is 855. The molecule has 1 aliphatic heterocycles. The van der Waals surface area contributed by atoms with Crippen LogP contribution in [0.2, 0.25) is 0 Å². The minimum absolute atomic E-state index is 0.0206. The van der Waals surface area contributed by atoms with Crippen LogP contribution in [-0.2, 0) is 9.84 Å². The van der Waals surface area contributed by atoms with Gasteiger partial charge in [0.05, 0.1) is 11.5 Å². The number of nitrogens with zero attached hydrogens (tertiary/aromatic N) is 3. The van der Waals surface area contributed by atoms with Crippen LogP contribution in [0.3, 0.4) is 0 Å². The van der Waals surface area contributed by atoms with Gasteiger partial charge >= 0.3 is 0 Å². The molecule has 1 atom stereocenters. The number of hydrogen-bond acceptors (Lipinski definition) is 6. The summed E-state index contributed by atoms with van der Waals surface area (Å²) in [6, 6.07) is 10.8. The molecule has 7 nitrogen and oxygen atoms in total. The number of anilines is 2. The summed E-state index contributed by atoms with van der Waals surface area (Å²) in [4.78, 5) is 22.6. The molecule has 1 saturated heterocycles. The lowest BCUT2D eigenvalue weighted by Gasteiger charge is -2.26. The molecule has 0 radical (unpaired) electrons. The van der Waals surface area contributed by atoms with Crippen molar-refractivity contribution in [3.63, 3.8) is 0 Å². The molecular formula is C17H20N4O3S. The maximum atomic E-state index is 12.8. The highest BCUT2D eigenvalue weighted by molar-refractivity contribution is 7.91. The van der Waals surface area contributed by atoms with Gasteiger partial charge in [-0.3, -0.25) is 4.79 Å². The van der Waals surface area contributed by atoms with Crippen LogP contribution in [0, 0.1) is 0 Å². The topological polar surface area (TPSA) is 92.3 Å². The second-order valence-corrected chi connectivity index (χ2v) is 8.16. The molecule has 0 saturated carbocycles. The van der Waals surface area contributed by atoms with Crippen molar-refractivity contribution in [3.05, 3.63) is 48.4 Å². The van der Waals surface area contributed by atoms with Crippen molar-refractivity contribution < 1.29 is 13.2 Å². The van der Waals surface area contributed by atoms with Gasteiger partial charge in [0.25, 0.3) is 5.91 Å². The first kappa shape index (κ1) is 17.3. The first-order valence-corrected chi connectivity index (χ1v) is 9.96. The number of amides is 1. The molecule has 1 unspecified atom stereocenters. The monoisotopic (exact) mass is 360 g/mol. The molecule has 1 fully saturated rings. The molecule has 3 rings (SSSR count). The number of nitrogens with one attached hydrogen (secondary N) is 1. The molecule has 0 bridgehead atoms. The lowest BCUT2D eigenvalue weighted by molar-refractivity contribution is 0.0702. The number of rotatable bonds is 5. The van der Waals surface area contributed by atoms with Crippen LogP contribution in [0.25, 0.3) is 0 Å². The van der Waals surface area contributed by atoms with E-state index in [4.69, 9.17) is 0 Å². The summed E-state index contributed by atoms with van der Waals surface area (Å²) in [6.45, 7) is 2.28. The highest BCUT2D eigenvalue weighted by Crippen LogP contribution is 2.20. The van der Waals surface area contributed by atoms with Gasteiger partial charge in [0.15, 0.2) is 9.84 Å². The van der Waals surface area contributed by atoms with Gasteiger partial charge in [0, 0.05) is 24.3 Å². The Balaban J connectivity index is 1.78. The normalized spacial score (nSPS) is 18.7. The van der Waals surface area contributed by atoms with Crippen LogP contribution >= 0.6 is 0 Å². The number of sulfone groups is 1. The van der Waals surface area contributed by atoms with E-state index in [1.54, 1.807) is 11.0 Å². The van der Waals surface area contributed by atoms with Gasteiger partial charge in [-0.05, 0) is 25.5 Å². The lowest BCUT2D eigenvalue weighted by atomic mass is 10.2. The average molecular weight is 360 g/mol. The number of carbonyl (C=O) groups is 1. The van der Waals surface area contributed by atoms with Crippen molar-refractivity contribution in [3.8, 4) is 0 Å². The maximum absolute atomic E-state index is 12.8. The van der Waals surface area contributed by atoms with E-state index >= 15 is 0 Å². The number of para-hydroxylation sites is 1. The van der Waals surface area contributed by atoms with Gasteiger partial charge in [-0.25, -0.2) is 18.4 Å². The van der Waals surface area contributed by atoms with Crippen LogP contribution in [0.5, 0.6) is 0 Å². The van der Waals surface area contributed by atoms with E-state index in [1.165, 1.54) is 6.33 Å². The smallest absolute Gasteiger partial charge is 0.272 e. The SMILES string of the molecule is CCN(C(=O)c1cc(Nc2ccccc2)ncn1)C1CCS(=O)(=O)C1. The largest absolute Gasteiger partial charge is 0.340 e. The Morgan fingerprint density at radius 3 is 2.68 bits per heavy atom. The van der Waals surface area contributed by atoms with Crippen LogP contribution in [0.1, 0.15) is 23.8 Å². The molecule has 8 heteroatoms. The van der Waals surface area contributed by atoms with Crippen molar-refractivity contribution in [1.29, 1.82) is 0 Å². The molecule has 0 spiro atoms. The van der Waals surface area contributed by atoms with Crippen molar-refractivity contribution in [2.75, 3.05) is 23.4 Å². The summed E-state index contributed by atoms with van der Waals surface area (Å²) in [6.07, 6.45) is 1.81. The van der Waals surface area contributed by atoms with E-state index in [1.807, 2.05) is 37.3 Å². The van der Waals surface area contributed by atoms with Gasteiger partial charge < -0.3 is 10.2 Å². The summed E-state index contributed by atoms with van der Waals surface area (Å²) in [5.41, 5.74) is 1.11. The average Bonchev–Trinajstić information content (AvgIpc) is 2.96. The fourth-order valence-electron chi connectivity index (χ4n) is 2.95. The van der Waals surface area contributed by atoms with Crippen molar-refractivity contribution in [2.45, 2.75) is 19.4 Å². The second kappa shape index (κ2) is 7.18. The van der Waals surface area contributed by atoms with E-state index in [0.717, 1.165) is 5.69 Å². The quantitative estimate of drug-likeness (QED) is 0.875. The zero-order chi connectivity index (χ0) is 17.9. The van der Waals surface area contributed by atoms with E-state index in [-0.39, 0.29) is 29.1 Å². The molecular weight excluding hydrogens is 340 g/mol. The predicted molar refractivity (Wildman–Crippen MR) is 95.5 cm³/mol. The zero-order valence-corrected chi connectivity index (χ0v) is 14.7. The lowest BCUT2D eigenvalue weighted by Crippen LogP contribution is -2.41. The summed E-state index contributed by atoms with van der Waals surface area (Å²) in [5.74, 6) is 0.390. The minimum atomic E-state index is -3.05. The molecule has 1 aliphatic rings. The first-order valence-electron chi connectivity index (χ1n) is 8.14. The summed E-state index contributed by atoms with van der Waals surface area (Å²) >= 11 is 0. The molecule has 1 aromatic heterocycles. The van der Waals surface area contributed by atoms with Crippen molar-refractivity contribution >= 4 is 27.2 Å². The molecule has 25 heavy (non-hydrogen) atoms. The molecule has 2 heterocycles. The summed E-state index contributed by atoms with van der Waals surface area (Å²) in [5, 5.41) is 3.12. The Morgan fingerprint density at radius 2 is 2.04 bits per heavy atom. The fourth-order valence-corrected chi connectivity index (χ4v) is 4.68. The zero-order valence-electron chi connectivity index (χ0n) is 13.9. The first-order chi connectivity index (χ1) is 12.0. The van der Waals surface area contributed by atoms with Gasteiger partial charge in [-0.15, -0.1) is 0 Å². The molecule has 2 aromatic rings. The Morgan fingerprint density at radius 1 is 1.28 bits per heavy atom. The van der Waals surface area contributed by atoms with Crippen molar-refractivity contribution in [1.82, 2.24) is 14.9 Å². The van der Waals surface area contributed by atoms with Crippen LogP contribution in [-0.4, -0.2) is 53.3 Å². The Hall–Kier alpha value is -2.48. The maximum Gasteiger partial charge on any atom is 0.272 e. The third-order valence-corrected chi connectivity index (χ3v) is 5.93. The number of carbonyl (C=O) groups excluding carboxylic acids is 1.